The molecular weight excluding hydrogens is 152 g/mol. The molecule has 0 bridgehead atoms. The molecule has 0 aromatic carbocycles. The highest BCUT2D eigenvalue weighted by Gasteiger charge is 2.45. The van der Waals surface area contributed by atoms with E-state index in [9.17, 15) is 4.79 Å². The van der Waals surface area contributed by atoms with Gasteiger partial charge in [-0.2, -0.15) is 0 Å². The van der Waals surface area contributed by atoms with Gasteiger partial charge in [-0.3, -0.25) is 0 Å². The summed E-state index contributed by atoms with van der Waals surface area (Å²) in [7, 11) is 0. The van der Waals surface area contributed by atoms with Crippen LogP contribution in [-0.4, -0.2) is 11.6 Å². The van der Waals surface area contributed by atoms with Crippen LogP contribution in [0, 0.1) is 5.41 Å². The van der Waals surface area contributed by atoms with Crippen LogP contribution in [0.2, 0.25) is 0 Å². The van der Waals surface area contributed by atoms with Crippen LogP contribution >= 0.6 is 0 Å². The molecule has 0 radical (unpaired) electrons. The van der Waals surface area contributed by atoms with Crippen LogP contribution in [0.1, 0.15) is 40.0 Å². The fraction of sp³-hybridized carbons (Fsp3) is 0.889. The van der Waals surface area contributed by atoms with Crippen LogP contribution in [0.3, 0.4) is 0 Å². The number of amides is 2. The van der Waals surface area contributed by atoms with Crippen molar-refractivity contribution < 1.29 is 4.79 Å². The lowest BCUT2D eigenvalue weighted by molar-refractivity contribution is 0.235. The Bertz CT molecular complexity index is 189. The van der Waals surface area contributed by atoms with E-state index < -0.39 is 6.03 Å². The van der Waals surface area contributed by atoms with Crippen molar-refractivity contribution in [2.45, 2.75) is 45.6 Å². The molecule has 1 rings (SSSR count). The Hall–Kier alpha value is -0.730. The molecule has 1 fully saturated rings. The summed E-state index contributed by atoms with van der Waals surface area (Å²) in [5.74, 6) is 0. The van der Waals surface area contributed by atoms with Gasteiger partial charge in [0.15, 0.2) is 0 Å². The molecule has 70 valence electrons. The van der Waals surface area contributed by atoms with Gasteiger partial charge in [0.25, 0.3) is 0 Å². The smallest absolute Gasteiger partial charge is 0.312 e. The number of nitrogens with two attached hydrogens (primary N) is 1. The fourth-order valence-corrected chi connectivity index (χ4v) is 1.77. The molecule has 0 heterocycles. The van der Waals surface area contributed by atoms with E-state index in [1.807, 2.05) is 0 Å². The van der Waals surface area contributed by atoms with Gasteiger partial charge in [-0.05, 0) is 24.7 Å². The predicted octanol–water partition coefficient (Wildman–Crippen LogP) is 1.62. The second kappa shape index (κ2) is 2.64. The fourth-order valence-electron chi connectivity index (χ4n) is 1.77. The van der Waals surface area contributed by atoms with Crippen LogP contribution < -0.4 is 11.1 Å². The van der Waals surface area contributed by atoms with Crippen LogP contribution in [0.15, 0.2) is 0 Å². The Kier molecular flexibility index (Phi) is 2.06. The van der Waals surface area contributed by atoms with Crippen molar-refractivity contribution in [3.05, 3.63) is 0 Å². The van der Waals surface area contributed by atoms with Crippen molar-refractivity contribution in [3.63, 3.8) is 0 Å². The molecule has 0 aromatic heterocycles. The summed E-state index contributed by atoms with van der Waals surface area (Å²) >= 11 is 0. The molecule has 0 aromatic rings. The Morgan fingerprint density at radius 2 is 2.00 bits per heavy atom. The number of hydrogen-bond donors (Lipinski definition) is 2. The molecule has 0 saturated heterocycles. The molecule has 0 spiro atoms. The maximum absolute atomic E-state index is 10.7. The minimum absolute atomic E-state index is 0.0318. The lowest BCUT2D eigenvalue weighted by Crippen LogP contribution is -2.42. The van der Waals surface area contributed by atoms with E-state index in [0.29, 0.717) is 0 Å². The highest BCUT2D eigenvalue weighted by Crippen LogP contribution is 2.44. The van der Waals surface area contributed by atoms with Gasteiger partial charge in [-0.15, -0.1) is 0 Å². The van der Waals surface area contributed by atoms with E-state index in [-0.39, 0.29) is 11.0 Å². The molecule has 3 nitrogen and oxygen atoms in total. The molecule has 3 heteroatoms. The second-order valence-corrected chi connectivity index (χ2v) is 5.01. The molecule has 2 amide bonds. The lowest BCUT2D eigenvalue weighted by Gasteiger charge is -2.25. The molecule has 1 saturated carbocycles. The van der Waals surface area contributed by atoms with Gasteiger partial charge in [0, 0.05) is 5.54 Å². The largest absolute Gasteiger partial charge is 0.352 e. The van der Waals surface area contributed by atoms with Crippen LogP contribution in [0.25, 0.3) is 0 Å². The van der Waals surface area contributed by atoms with Crippen molar-refractivity contribution in [3.8, 4) is 0 Å². The maximum Gasteiger partial charge on any atom is 0.312 e. The first kappa shape index (κ1) is 9.36. The van der Waals surface area contributed by atoms with E-state index in [4.69, 9.17) is 5.73 Å². The summed E-state index contributed by atoms with van der Waals surface area (Å²) < 4.78 is 0. The van der Waals surface area contributed by atoms with Gasteiger partial charge in [0.1, 0.15) is 0 Å². The number of rotatable bonds is 2. The Balaban J connectivity index is 2.45. The topological polar surface area (TPSA) is 55.1 Å². The average molecular weight is 170 g/mol. The molecule has 1 aliphatic carbocycles. The van der Waals surface area contributed by atoms with Crippen LogP contribution in [0.4, 0.5) is 4.79 Å². The maximum atomic E-state index is 10.7. The number of urea groups is 1. The van der Waals surface area contributed by atoms with E-state index in [0.717, 1.165) is 19.3 Å². The lowest BCUT2D eigenvalue weighted by atomic mass is 9.87. The molecule has 0 unspecified atom stereocenters. The minimum atomic E-state index is -0.392. The summed E-state index contributed by atoms with van der Waals surface area (Å²) in [4.78, 5) is 10.7. The number of nitrogens with one attached hydrogen (secondary N) is 1. The van der Waals surface area contributed by atoms with Crippen LogP contribution in [0.5, 0.6) is 0 Å². The SMILES string of the molecule is CC(C)(C)CC1(NC(N)=O)CC1. The number of primary amides is 1. The monoisotopic (exact) mass is 170 g/mol. The molecule has 0 aliphatic heterocycles. The molecular formula is C9H18N2O. The summed E-state index contributed by atoms with van der Waals surface area (Å²) in [6, 6.07) is -0.392. The molecule has 12 heavy (non-hydrogen) atoms. The predicted molar refractivity (Wildman–Crippen MR) is 48.8 cm³/mol. The summed E-state index contributed by atoms with van der Waals surface area (Å²) in [6.07, 6.45) is 3.17. The van der Waals surface area contributed by atoms with E-state index >= 15 is 0 Å². The third kappa shape index (κ3) is 2.72. The number of carbonyl (C=O) groups is 1. The Morgan fingerprint density at radius 1 is 1.50 bits per heavy atom. The number of carbonyl (C=O) groups excluding carboxylic acids is 1. The van der Waals surface area contributed by atoms with Crippen molar-refractivity contribution >= 4 is 6.03 Å². The van der Waals surface area contributed by atoms with Gasteiger partial charge in [-0.1, -0.05) is 20.8 Å². The summed E-state index contributed by atoms with van der Waals surface area (Å²) in [5.41, 5.74) is 5.38. The zero-order valence-electron chi connectivity index (χ0n) is 8.11. The summed E-state index contributed by atoms with van der Waals surface area (Å²) in [6.45, 7) is 6.53. The highest BCUT2D eigenvalue weighted by molar-refractivity contribution is 5.73. The van der Waals surface area contributed by atoms with Gasteiger partial charge in [0.2, 0.25) is 0 Å². The van der Waals surface area contributed by atoms with E-state index in [1.54, 1.807) is 0 Å². The van der Waals surface area contributed by atoms with Gasteiger partial charge >= 0.3 is 6.03 Å². The third-order valence-corrected chi connectivity index (χ3v) is 2.11. The van der Waals surface area contributed by atoms with Crippen molar-refractivity contribution in [1.29, 1.82) is 0 Å². The minimum Gasteiger partial charge on any atom is -0.352 e. The van der Waals surface area contributed by atoms with E-state index in [2.05, 4.69) is 26.1 Å². The zero-order valence-corrected chi connectivity index (χ0v) is 8.11. The normalized spacial score (nSPS) is 20.2. The Morgan fingerprint density at radius 3 is 2.25 bits per heavy atom. The van der Waals surface area contributed by atoms with Gasteiger partial charge in [-0.25, -0.2) is 4.79 Å². The Labute approximate surface area is 73.7 Å². The van der Waals surface area contributed by atoms with Crippen molar-refractivity contribution in [2.75, 3.05) is 0 Å². The van der Waals surface area contributed by atoms with Crippen molar-refractivity contribution in [2.24, 2.45) is 11.1 Å². The first-order valence-corrected chi connectivity index (χ1v) is 4.41. The molecule has 3 N–H and O–H groups in total. The third-order valence-electron chi connectivity index (χ3n) is 2.11. The summed E-state index contributed by atoms with van der Waals surface area (Å²) in [5, 5.41) is 2.83. The highest BCUT2D eigenvalue weighted by atomic mass is 16.2. The zero-order chi connectivity index (χ0) is 9.41. The molecule has 1 aliphatic rings. The first-order chi connectivity index (χ1) is 5.33. The second-order valence-electron chi connectivity index (χ2n) is 5.01. The van der Waals surface area contributed by atoms with Gasteiger partial charge in [0.05, 0.1) is 0 Å². The van der Waals surface area contributed by atoms with Crippen molar-refractivity contribution in [1.82, 2.24) is 5.32 Å². The first-order valence-electron chi connectivity index (χ1n) is 4.41. The van der Waals surface area contributed by atoms with Gasteiger partial charge < -0.3 is 11.1 Å². The van der Waals surface area contributed by atoms with E-state index in [1.165, 1.54) is 0 Å². The quantitative estimate of drug-likeness (QED) is 0.650. The number of hydrogen-bond acceptors (Lipinski definition) is 1. The average Bonchev–Trinajstić information content (AvgIpc) is 2.40. The standard InChI is InChI=1S/C9H18N2O/c1-8(2,3)6-9(4-5-9)11-7(10)12/h4-6H2,1-3H3,(H3,10,11,12). The molecule has 0 atom stereocenters. The van der Waals surface area contributed by atoms with Crippen LogP contribution in [-0.2, 0) is 0 Å².